The van der Waals surface area contributed by atoms with E-state index in [1.807, 2.05) is 24.3 Å². The van der Waals surface area contributed by atoms with E-state index in [4.69, 9.17) is 10.5 Å². The highest BCUT2D eigenvalue weighted by atomic mass is 16.5. The number of nitrogens with two attached hydrogens (primary N) is 1. The van der Waals surface area contributed by atoms with Gasteiger partial charge in [-0.1, -0.05) is 32.4 Å². The lowest BCUT2D eigenvalue weighted by molar-refractivity contribution is -0.128. The number of rotatable bonds is 9. The molecule has 2 bridgehead atoms. The van der Waals surface area contributed by atoms with Crippen LogP contribution in [0.15, 0.2) is 24.3 Å². The fourth-order valence-electron chi connectivity index (χ4n) is 4.87. The van der Waals surface area contributed by atoms with Gasteiger partial charge in [-0.3, -0.25) is 4.79 Å². The SMILES string of the molecule is CCN(CC)CCOc1ccc(CNC(=O)C2CC3CCCC(C2)C3N)cc1. The largest absolute Gasteiger partial charge is 0.492 e. The maximum atomic E-state index is 12.7. The summed E-state index contributed by atoms with van der Waals surface area (Å²) in [5.74, 6) is 2.30. The van der Waals surface area contributed by atoms with Gasteiger partial charge in [-0.2, -0.15) is 0 Å². The van der Waals surface area contributed by atoms with E-state index < -0.39 is 0 Å². The van der Waals surface area contributed by atoms with E-state index >= 15 is 0 Å². The first kappa shape index (κ1) is 21.1. The monoisotopic (exact) mass is 387 g/mol. The van der Waals surface area contributed by atoms with Gasteiger partial charge in [0.15, 0.2) is 0 Å². The van der Waals surface area contributed by atoms with Crippen molar-refractivity contribution < 1.29 is 9.53 Å². The third-order valence-corrected chi connectivity index (χ3v) is 6.74. The number of hydrogen-bond acceptors (Lipinski definition) is 4. The zero-order valence-electron chi connectivity index (χ0n) is 17.5. The van der Waals surface area contributed by atoms with Crippen LogP contribution in [-0.4, -0.2) is 43.1 Å². The Kier molecular flexibility index (Phi) is 7.74. The molecule has 5 nitrogen and oxygen atoms in total. The summed E-state index contributed by atoms with van der Waals surface area (Å²) < 4.78 is 5.83. The van der Waals surface area contributed by atoms with Gasteiger partial charge in [0.25, 0.3) is 0 Å². The molecule has 0 aromatic heterocycles. The van der Waals surface area contributed by atoms with E-state index in [9.17, 15) is 4.79 Å². The van der Waals surface area contributed by atoms with Crippen LogP contribution in [0.2, 0.25) is 0 Å². The number of benzene rings is 1. The van der Waals surface area contributed by atoms with E-state index in [2.05, 4.69) is 24.1 Å². The molecule has 2 aliphatic carbocycles. The van der Waals surface area contributed by atoms with Gasteiger partial charge < -0.3 is 20.7 Å². The molecule has 2 aliphatic rings. The fraction of sp³-hybridized carbons (Fsp3) is 0.696. The number of nitrogens with zero attached hydrogens (tertiary/aromatic N) is 1. The first-order valence-corrected chi connectivity index (χ1v) is 11.1. The molecule has 0 aliphatic heterocycles. The van der Waals surface area contributed by atoms with Gasteiger partial charge in [-0.05, 0) is 68.3 Å². The van der Waals surface area contributed by atoms with Crippen LogP contribution >= 0.6 is 0 Å². The summed E-state index contributed by atoms with van der Waals surface area (Å²) in [5.41, 5.74) is 7.46. The second kappa shape index (κ2) is 10.3. The first-order valence-electron chi connectivity index (χ1n) is 11.1. The van der Waals surface area contributed by atoms with E-state index in [-0.39, 0.29) is 11.8 Å². The zero-order valence-corrected chi connectivity index (χ0v) is 17.5. The van der Waals surface area contributed by atoms with Gasteiger partial charge in [-0.15, -0.1) is 0 Å². The Labute approximate surface area is 170 Å². The predicted octanol–water partition coefficient (Wildman–Crippen LogP) is 3.18. The number of amides is 1. The molecule has 3 rings (SSSR count). The minimum Gasteiger partial charge on any atom is -0.492 e. The van der Waals surface area contributed by atoms with Crippen LogP contribution in [0, 0.1) is 17.8 Å². The zero-order chi connectivity index (χ0) is 19.9. The van der Waals surface area contributed by atoms with Crippen molar-refractivity contribution in [3.63, 3.8) is 0 Å². The molecule has 156 valence electrons. The van der Waals surface area contributed by atoms with Crippen molar-refractivity contribution in [2.75, 3.05) is 26.2 Å². The molecule has 28 heavy (non-hydrogen) atoms. The van der Waals surface area contributed by atoms with Gasteiger partial charge in [0.2, 0.25) is 5.91 Å². The fourth-order valence-corrected chi connectivity index (χ4v) is 4.87. The van der Waals surface area contributed by atoms with Crippen molar-refractivity contribution >= 4 is 5.91 Å². The number of nitrogens with one attached hydrogen (secondary N) is 1. The minimum absolute atomic E-state index is 0.137. The van der Waals surface area contributed by atoms with Gasteiger partial charge in [0, 0.05) is 25.0 Å². The van der Waals surface area contributed by atoms with Gasteiger partial charge in [0.05, 0.1) is 0 Å². The van der Waals surface area contributed by atoms with E-state index in [0.29, 0.717) is 31.0 Å². The molecule has 2 fully saturated rings. The Morgan fingerprint density at radius 2 is 1.79 bits per heavy atom. The van der Waals surface area contributed by atoms with Crippen molar-refractivity contribution in [3.05, 3.63) is 29.8 Å². The summed E-state index contributed by atoms with van der Waals surface area (Å²) in [6.45, 7) is 8.65. The highest BCUT2D eigenvalue weighted by molar-refractivity contribution is 5.78. The molecule has 0 spiro atoms. The summed E-state index contributed by atoms with van der Waals surface area (Å²) in [6.07, 6.45) is 5.58. The standard InChI is InChI=1S/C23H37N3O2/c1-3-26(4-2)12-13-28-21-10-8-17(9-11-21)16-25-23(27)20-14-18-6-5-7-19(15-20)22(18)24/h8-11,18-20,22H,3-7,12-16,24H2,1-2H3,(H,25,27). The van der Waals surface area contributed by atoms with E-state index in [0.717, 1.165) is 43.8 Å². The molecular formula is C23H37N3O2. The highest BCUT2D eigenvalue weighted by Gasteiger charge is 2.40. The van der Waals surface area contributed by atoms with Crippen molar-refractivity contribution in [2.24, 2.45) is 23.5 Å². The molecule has 0 radical (unpaired) electrons. The van der Waals surface area contributed by atoms with Crippen LogP contribution in [-0.2, 0) is 11.3 Å². The molecule has 2 saturated carbocycles. The molecule has 0 saturated heterocycles. The maximum Gasteiger partial charge on any atom is 0.223 e. The molecular weight excluding hydrogens is 350 g/mol. The van der Waals surface area contributed by atoms with Crippen molar-refractivity contribution in [2.45, 2.75) is 58.5 Å². The molecule has 2 atom stereocenters. The molecule has 3 N–H and O–H groups in total. The lowest BCUT2D eigenvalue weighted by Crippen LogP contribution is -2.49. The smallest absolute Gasteiger partial charge is 0.223 e. The molecule has 0 heterocycles. The highest BCUT2D eigenvalue weighted by Crippen LogP contribution is 2.41. The molecule has 1 aromatic rings. The Morgan fingerprint density at radius 3 is 2.39 bits per heavy atom. The molecule has 2 unspecified atom stereocenters. The number of carbonyl (C=O) groups excluding carboxylic acids is 1. The summed E-state index contributed by atoms with van der Waals surface area (Å²) >= 11 is 0. The van der Waals surface area contributed by atoms with Gasteiger partial charge in [-0.25, -0.2) is 0 Å². The van der Waals surface area contributed by atoms with Gasteiger partial charge in [0.1, 0.15) is 12.4 Å². The topological polar surface area (TPSA) is 67.6 Å². The van der Waals surface area contributed by atoms with Crippen LogP contribution < -0.4 is 15.8 Å². The average Bonchev–Trinajstić information content (AvgIpc) is 2.70. The van der Waals surface area contributed by atoms with Gasteiger partial charge >= 0.3 is 0 Å². The third-order valence-electron chi connectivity index (χ3n) is 6.74. The summed E-state index contributed by atoms with van der Waals surface area (Å²) in [7, 11) is 0. The lowest BCUT2D eigenvalue weighted by Gasteiger charge is -2.43. The van der Waals surface area contributed by atoms with Crippen LogP contribution in [0.25, 0.3) is 0 Å². The molecule has 1 aromatic carbocycles. The summed E-state index contributed by atoms with van der Waals surface area (Å²) in [5, 5.41) is 3.14. The predicted molar refractivity (Wildman–Crippen MR) is 113 cm³/mol. The number of likely N-dealkylation sites (N-methyl/N-ethyl adjacent to an activating group) is 1. The van der Waals surface area contributed by atoms with Crippen LogP contribution in [0.4, 0.5) is 0 Å². The summed E-state index contributed by atoms with van der Waals surface area (Å²) in [4.78, 5) is 15.0. The van der Waals surface area contributed by atoms with Crippen LogP contribution in [0.3, 0.4) is 0 Å². The molecule has 1 amide bonds. The Balaban J connectivity index is 1.41. The quantitative estimate of drug-likeness (QED) is 0.683. The summed E-state index contributed by atoms with van der Waals surface area (Å²) in [6, 6.07) is 8.38. The Hall–Kier alpha value is -1.59. The van der Waals surface area contributed by atoms with Crippen molar-refractivity contribution in [3.8, 4) is 5.75 Å². The first-order chi connectivity index (χ1) is 13.6. The second-order valence-electron chi connectivity index (χ2n) is 8.43. The van der Waals surface area contributed by atoms with Crippen molar-refractivity contribution in [1.29, 1.82) is 0 Å². The van der Waals surface area contributed by atoms with Crippen molar-refractivity contribution in [1.82, 2.24) is 10.2 Å². The number of hydrogen-bond donors (Lipinski definition) is 2. The minimum atomic E-state index is 0.137. The number of ether oxygens (including phenoxy) is 1. The van der Waals surface area contributed by atoms with Crippen LogP contribution in [0.1, 0.15) is 51.5 Å². The lowest BCUT2D eigenvalue weighted by atomic mass is 9.65. The normalized spacial score (nSPS) is 26.9. The van der Waals surface area contributed by atoms with E-state index in [1.165, 1.54) is 19.3 Å². The second-order valence-corrected chi connectivity index (χ2v) is 8.43. The van der Waals surface area contributed by atoms with Crippen LogP contribution in [0.5, 0.6) is 5.75 Å². The Morgan fingerprint density at radius 1 is 1.14 bits per heavy atom. The number of fused-ring (bicyclic) bond motifs is 2. The third kappa shape index (κ3) is 5.48. The average molecular weight is 388 g/mol. The number of carbonyl (C=O) groups is 1. The molecule has 5 heteroatoms. The van der Waals surface area contributed by atoms with E-state index in [1.54, 1.807) is 0 Å². The maximum absolute atomic E-state index is 12.7. The Bertz CT molecular complexity index is 601.